The summed E-state index contributed by atoms with van der Waals surface area (Å²) in [7, 11) is 0. The molecule has 1 fully saturated rings. The largest absolute Gasteiger partial charge is 0.351 e. The highest BCUT2D eigenvalue weighted by molar-refractivity contribution is 9.10. The quantitative estimate of drug-likeness (QED) is 0.899. The van der Waals surface area contributed by atoms with Gasteiger partial charge in [0.2, 0.25) is 5.91 Å². The lowest BCUT2D eigenvalue weighted by Gasteiger charge is -2.25. The molecule has 1 N–H and O–H groups in total. The molecular formula is C13H18BrNOS. The van der Waals surface area contributed by atoms with E-state index in [9.17, 15) is 4.79 Å². The lowest BCUT2D eigenvalue weighted by molar-refractivity contribution is -0.127. The molecule has 1 amide bonds. The van der Waals surface area contributed by atoms with Gasteiger partial charge in [0.25, 0.3) is 0 Å². The number of hydrogen-bond acceptors (Lipinski definition) is 2. The molecule has 0 aromatic carbocycles. The van der Waals surface area contributed by atoms with Crippen LogP contribution in [0.3, 0.4) is 0 Å². The van der Waals surface area contributed by atoms with Gasteiger partial charge in [0.1, 0.15) is 0 Å². The normalized spacial score (nSPS) is 22.6. The summed E-state index contributed by atoms with van der Waals surface area (Å²) in [6, 6.07) is 2.02. The summed E-state index contributed by atoms with van der Waals surface area (Å²) in [5, 5.41) is 5.10. The maximum absolute atomic E-state index is 12.1. The average molecular weight is 316 g/mol. The van der Waals surface area contributed by atoms with Crippen LogP contribution in [0.15, 0.2) is 15.9 Å². The Hall–Kier alpha value is -0.350. The highest BCUT2D eigenvalue weighted by Gasteiger charge is 2.39. The second kappa shape index (κ2) is 5.11. The predicted octanol–water partition coefficient (Wildman–Crippen LogP) is 3.95. The Balaban J connectivity index is 1.92. The smallest absolute Gasteiger partial charge is 0.223 e. The fraction of sp³-hybridized carbons (Fsp3) is 0.615. The number of amides is 1. The summed E-state index contributed by atoms with van der Waals surface area (Å²) in [6.45, 7) is 5.04. The van der Waals surface area contributed by atoms with Crippen LogP contribution in [0.25, 0.3) is 0 Å². The van der Waals surface area contributed by atoms with Crippen molar-refractivity contribution >= 4 is 33.2 Å². The second-order valence-corrected chi connectivity index (χ2v) is 7.20. The molecule has 1 aliphatic rings. The van der Waals surface area contributed by atoms with Crippen molar-refractivity contribution in [3.05, 3.63) is 20.8 Å². The van der Waals surface area contributed by atoms with Crippen LogP contribution in [0.2, 0.25) is 0 Å². The van der Waals surface area contributed by atoms with Gasteiger partial charge in [0.15, 0.2) is 0 Å². The first-order chi connectivity index (χ1) is 8.00. The van der Waals surface area contributed by atoms with Gasteiger partial charge in [-0.15, -0.1) is 11.3 Å². The molecule has 0 radical (unpaired) electrons. The fourth-order valence-electron chi connectivity index (χ4n) is 2.55. The van der Waals surface area contributed by atoms with E-state index in [-0.39, 0.29) is 17.2 Å². The summed E-state index contributed by atoms with van der Waals surface area (Å²) in [4.78, 5) is 13.3. The fourth-order valence-corrected chi connectivity index (χ4v) is 3.99. The number of thiophene rings is 1. The van der Waals surface area contributed by atoms with E-state index in [0.717, 1.165) is 17.3 Å². The lowest BCUT2D eigenvalue weighted by Crippen LogP contribution is -2.35. The van der Waals surface area contributed by atoms with Gasteiger partial charge < -0.3 is 5.32 Å². The zero-order valence-electron chi connectivity index (χ0n) is 10.3. The van der Waals surface area contributed by atoms with Crippen LogP contribution in [0.4, 0.5) is 0 Å². The molecule has 4 heteroatoms. The Morgan fingerprint density at radius 2 is 2.41 bits per heavy atom. The Morgan fingerprint density at radius 1 is 1.65 bits per heavy atom. The molecule has 1 heterocycles. The van der Waals surface area contributed by atoms with Crippen molar-refractivity contribution in [2.45, 2.75) is 39.7 Å². The van der Waals surface area contributed by atoms with Gasteiger partial charge in [-0.05, 0) is 45.6 Å². The van der Waals surface area contributed by atoms with Crippen molar-refractivity contribution in [1.82, 2.24) is 5.32 Å². The third-order valence-corrected chi connectivity index (χ3v) is 5.61. The van der Waals surface area contributed by atoms with E-state index in [1.165, 1.54) is 11.3 Å². The third-order valence-electron chi connectivity index (χ3n) is 3.69. The van der Waals surface area contributed by atoms with Crippen LogP contribution < -0.4 is 5.32 Å². The van der Waals surface area contributed by atoms with Gasteiger partial charge in [-0.2, -0.15) is 0 Å². The molecule has 0 aliphatic heterocycles. The van der Waals surface area contributed by atoms with Crippen LogP contribution in [0.1, 0.15) is 38.0 Å². The molecule has 1 unspecified atom stereocenters. The summed E-state index contributed by atoms with van der Waals surface area (Å²) in [5.41, 5.74) is 0.163. The summed E-state index contributed by atoms with van der Waals surface area (Å²) in [6.07, 6.45) is 3.37. The Labute approximate surface area is 115 Å². The van der Waals surface area contributed by atoms with Gasteiger partial charge in [-0.1, -0.05) is 20.3 Å². The summed E-state index contributed by atoms with van der Waals surface area (Å²) < 4.78 is 1.09. The predicted molar refractivity (Wildman–Crippen MR) is 75.0 cm³/mol. The number of carbonyl (C=O) groups excluding carboxylic acids is 1. The minimum atomic E-state index is 0.163. The number of halogens is 1. The molecule has 17 heavy (non-hydrogen) atoms. The SMILES string of the molecule is CC1(C)CCCC1C(=O)NCc1sccc1Br. The van der Waals surface area contributed by atoms with E-state index in [0.29, 0.717) is 6.54 Å². The zero-order chi connectivity index (χ0) is 12.5. The topological polar surface area (TPSA) is 29.1 Å². The van der Waals surface area contributed by atoms with Crippen LogP contribution in [-0.2, 0) is 11.3 Å². The number of nitrogens with one attached hydrogen (secondary N) is 1. The highest BCUT2D eigenvalue weighted by atomic mass is 79.9. The number of rotatable bonds is 3. The maximum atomic E-state index is 12.1. The van der Waals surface area contributed by atoms with E-state index in [1.54, 1.807) is 11.3 Å². The van der Waals surface area contributed by atoms with Gasteiger partial charge >= 0.3 is 0 Å². The van der Waals surface area contributed by atoms with E-state index in [1.807, 2.05) is 11.4 Å². The molecule has 2 nitrogen and oxygen atoms in total. The standard InChI is InChI=1S/C13H18BrNOS/c1-13(2)6-3-4-9(13)12(16)15-8-11-10(14)5-7-17-11/h5,7,9H,3-4,6,8H2,1-2H3,(H,15,16). The average Bonchev–Trinajstić information content (AvgIpc) is 2.81. The molecule has 1 atom stereocenters. The highest BCUT2D eigenvalue weighted by Crippen LogP contribution is 2.42. The van der Waals surface area contributed by atoms with Crippen molar-refractivity contribution in [2.24, 2.45) is 11.3 Å². The minimum absolute atomic E-state index is 0.163. The first-order valence-corrected chi connectivity index (χ1v) is 7.67. The Bertz CT molecular complexity index is 413. The van der Waals surface area contributed by atoms with Crippen LogP contribution in [0.5, 0.6) is 0 Å². The molecule has 94 valence electrons. The van der Waals surface area contributed by atoms with Gasteiger partial charge in [0.05, 0.1) is 6.54 Å². The van der Waals surface area contributed by atoms with Gasteiger partial charge in [-0.3, -0.25) is 4.79 Å². The molecule has 0 bridgehead atoms. The van der Waals surface area contributed by atoms with Gasteiger partial charge in [-0.25, -0.2) is 0 Å². The monoisotopic (exact) mass is 315 g/mol. The molecule has 0 spiro atoms. The Kier molecular flexibility index (Phi) is 3.93. The summed E-state index contributed by atoms with van der Waals surface area (Å²) >= 11 is 5.15. The molecule has 1 aromatic rings. The van der Waals surface area contributed by atoms with Crippen molar-refractivity contribution in [1.29, 1.82) is 0 Å². The van der Waals surface area contributed by atoms with Crippen LogP contribution in [-0.4, -0.2) is 5.91 Å². The first kappa shape index (κ1) is 13.1. The van der Waals surface area contributed by atoms with Crippen LogP contribution >= 0.6 is 27.3 Å². The lowest BCUT2D eigenvalue weighted by atomic mass is 9.81. The summed E-state index contributed by atoms with van der Waals surface area (Å²) in [5.74, 6) is 0.397. The van der Waals surface area contributed by atoms with Crippen molar-refractivity contribution in [2.75, 3.05) is 0 Å². The zero-order valence-corrected chi connectivity index (χ0v) is 12.7. The van der Waals surface area contributed by atoms with Gasteiger partial charge in [0, 0.05) is 15.3 Å². The number of hydrogen-bond donors (Lipinski definition) is 1. The molecular weight excluding hydrogens is 298 g/mol. The minimum Gasteiger partial charge on any atom is -0.351 e. The van der Waals surface area contributed by atoms with E-state index >= 15 is 0 Å². The maximum Gasteiger partial charge on any atom is 0.223 e. The molecule has 1 aliphatic carbocycles. The van der Waals surface area contributed by atoms with E-state index in [2.05, 4.69) is 35.1 Å². The second-order valence-electron chi connectivity index (χ2n) is 5.34. The molecule has 1 aromatic heterocycles. The van der Waals surface area contributed by atoms with E-state index in [4.69, 9.17) is 0 Å². The molecule has 2 rings (SSSR count). The molecule has 0 saturated heterocycles. The number of carbonyl (C=O) groups is 1. The van der Waals surface area contributed by atoms with Crippen molar-refractivity contribution in [3.8, 4) is 0 Å². The van der Waals surface area contributed by atoms with E-state index < -0.39 is 0 Å². The van der Waals surface area contributed by atoms with Crippen LogP contribution in [0, 0.1) is 11.3 Å². The van der Waals surface area contributed by atoms with Crippen molar-refractivity contribution in [3.63, 3.8) is 0 Å². The Morgan fingerprint density at radius 3 is 2.94 bits per heavy atom. The third kappa shape index (κ3) is 2.91. The molecule has 1 saturated carbocycles. The van der Waals surface area contributed by atoms with Crippen molar-refractivity contribution < 1.29 is 4.79 Å². The first-order valence-electron chi connectivity index (χ1n) is 6.00.